The van der Waals surface area contributed by atoms with Crippen LogP contribution in [0, 0.1) is 11.6 Å². The van der Waals surface area contributed by atoms with Gasteiger partial charge in [0, 0.05) is 12.1 Å². The molecule has 0 aliphatic heterocycles. The third-order valence-electron chi connectivity index (χ3n) is 4.89. The predicted molar refractivity (Wildman–Crippen MR) is 121 cm³/mol. The lowest BCUT2D eigenvalue weighted by atomic mass is 10.2. The van der Waals surface area contributed by atoms with Gasteiger partial charge in [-0.05, 0) is 49.4 Å². The number of benzene rings is 3. The predicted octanol–water partition coefficient (Wildman–Crippen LogP) is 4.46. The molecule has 1 aromatic heterocycles. The van der Waals surface area contributed by atoms with E-state index in [0.717, 1.165) is 11.8 Å². The summed E-state index contributed by atoms with van der Waals surface area (Å²) in [6.45, 7) is 1.73. The fourth-order valence-corrected chi connectivity index (χ4v) is 4.14. The van der Waals surface area contributed by atoms with E-state index in [1.54, 1.807) is 49.4 Å². The number of halogens is 2. The first-order chi connectivity index (χ1) is 15.4. The zero-order valence-electron chi connectivity index (χ0n) is 17.1. The molecule has 0 saturated carbocycles. The van der Waals surface area contributed by atoms with Crippen molar-refractivity contribution in [3.8, 4) is 5.69 Å². The van der Waals surface area contributed by atoms with Crippen LogP contribution in [-0.4, -0.2) is 20.7 Å². The number of fused-ring (bicyclic) bond motifs is 1. The average Bonchev–Trinajstić information content (AvgIpc) is 2.79. The lowest BCUT2D eigenvalue weighted by molar-refractivity contribution is -0.120. The second-order valence-corrected chi connectivity index (χ2v) is 8.41. The van der Waals surface area contributed by atoms with Crippen LogP contribution in [0.3, 0.4) is 0 Å². The highest BCUT2D eigenvalue weighted by molar-refractivity contribution is 8.00. The number of carbonyl (C=O) groups excluding carboxylic acids is 1. The summed E-state index contributed by atoms with van der Waals surface area (Å²) in [6, 6.07) is 18.6. The summed E-state index contributed by atoms with van der Waals surface area (Å²) in [7, 11) is 0. The maximum atomic E-state index is 13.8. The van der Waals surface area contributed by atoms with Gasteiger partial charge in [-0.15, -0.1) is 0 Å². The zero-order chi connectivity index (χ0) is 22.7. The fraction of sp³-hybridized carbons (Fsp3) is 0.125. The Morgan fingerprint density at radius 2 is 1.72 bits per heavy atom. The molecule has 5 nitrogen and oxygen atoms in total. The number of hydrogen-bond acceptors (Lipinski definition) is 4. The highest BCUT2D eigenvalue weighted by Crippen LogP contribution is 2.25. The van der Waals surface area contributed by atoms with E-state index in [-0.39, 0.29) is 18.0 Å². The monoisotopic (exact) mass is 451 g/mol. The van der Waals surface area contributed by atoms with E-state index in [0.29, 0.717) is 27.3 Å². The van der Waals surface area contributed by atoms with Crippen LogP contribution in [0.2, 0.25) is 0 Å². The quantitative estimate of drug-likeness (QED) is 0.347. The number of thioether (sulfide) groups is 1. The van der Waals surface area contributed by atoms with Gasteiger partial charge in [0.05, 0.1) is 21.8 Å². The molecule has 4 aromatic rings. The summed E-state index contributed by atoms with van der Waals surface area (Å²) in [4.78, 5) is 30.4. The lowest BCUT2D eigenvalue weighted by Crippen LogP contribution is -2.31. The molecule has 0 bridgehead atoms. The molecule has 0 fully saturated rings. The SMILES string of the molecule is CC(Sc1nc2ccccc2c(=O)n1-c1ccc(F)cc1)C(=O)NCc1ccccc1F. The van der Waals surface area contributed by atoms with E-state index in [1.165, 1.54) is 34.9 Å². The first-order valence-corrected chi connectivity index (χ1v) is 10.8. The van der Waals surface area contributed by atoms with Gasteiger partial charge in [-0.1, -0.05) is 42.1 Å². The number of rotatable bonds is 6. The van der Waals surface area contributed by atoms with Crippen molar-refractivity contribution in [1.82, 2.24) is 14.9 Å². The number of hydrogen-bond donors (Lipinski definition) is 1. The van der Waals surface area contributed by atoms with Crippen molar-refractivity contribution in [3.63, 3.8) is 0 Å². The third kappa shape index (κ3) is 4.55. The molecule has 1 heterocycles. The first-order valence-electron chi connectivity index (χ1n) is 9.89. The Kier molecular flexibility index (Phi) is 6.32. The zero-order valence-corrected chi connectivity index (χ0v) is 17.9. The van der Waals surface area contributed by atoms with Crippen molar-refractivity contribution in [2.24, 2.45) is 0 Å². The molecule has 0 spiro atoms. The van der Waals surface area contributed by atoms with Gasteiger partial charge in [0.25, 0.3) is 5.56 Å². The molecule has 1 N–H and O–H groups in total. The smallest absolute Gasteiger partial charge is 0.266 e. The second kappa shape index (κ2) is 9.32. The van der Waals surface area contributed by atoms with E-state index in [9.17, 15) is 18.4 Å². The summed E-state index contributed by atoms with van der Waals surface area (Å²) in [5, 5.41) is 2.80. The Balaban J connectivity index is 1.64. The van der Waals surface area contributed by atoms with Gasteiger partial charge in [0.1, 0.15) is 11.6 Å². The maximum absolute atomic E-state index is 13.8. The summed E-state index contributed by atoms with van der Waals surface area (Å²) in [6.07, 6.45) is 0. The van der Waals surface area contributed by atoms with Gasteiger partial charge in [0.2, 0.25) is 5.91 Å². The minimum absolute atomic E-state index is 0.0479. The number of aromatic nitrogens is 2. The minimum atomic E-state index is -0.624. The topological polar surface area (TPSA) is 64.0 Å². The van der Waals surface area contributed by atoms with E-state index in [1.807, 2.05) is 0 Å². The second-order valence-electron chi connectivity index (χ2n) is 7.10. The normalized spacial score (nSPS) is 12.0. The Labute approximate surface area is 187 Å². The van der Waals surface area contributed by atoms with Crippen molar-refractivity contribution >= 4 is 28.6 Å². The molecule has 0 aliphatic carbocycles. The van der Waals surface area contributed by atoms with Gasteiger partial charge in [-0.3, -0.25) is 14.2 Å². The van der Waals surface area contributed by atoms with Crippen LogP contribution >= 0.6 is 11.8 Å². The van der Waals surface area contributed by atoms with E-state index in [4.69, 9.17) is 0 Å². The molecule has 3 aromatic carbocycles. The molecule has 32 heavy (non-hydrogen) atoms. The maximum Gasteiger partial charge on any atom is 0.266 e. The molecule has 0 aliphatic rings. The molecule has 1 unspecified atom stereocenters. The van der Waals surface area contributed by atoms with Gasteiger partial charge in [-0.2, -0.15) is 0 Å². The van der Waals surface area contributed by atoms with Gasteiger partial charge < -0.3 is 5.32 Å². The number of nitrogens with zero attached hydrogens (tertiary/aromatic N) is 2. The minimum Gasteiger partial charge on any atom is -0.351 e. The van der Waals surface area contributed by atoms with Crippen LogP contribution in [0.15, 0.2) is 82.7 Å². The summed E-state index contributed by atoms with van der Waals surface area (Å²) < 4.78 is 28.6. The van der Waals surface area contributed by atoms with Gasteiger partial charge >= 0.3 is 0 Å². The van der Waals surface area contributed by atoms with Crippen molar-refractivity contribution in [2.75, 3.05) is 0 Å². The third-order valence-corrected chi connectivity index (χ3v) is 5.94. The summed E-state index contributed by atoms with van der Waals surface area (Å²) in [5.74, 6) is -1.15. The Bertz CT molecular complexity index is 1340. The van der Waals surface area contributed by atoms with Gasteiger partial charge in [0.15, 0.2) is 5.16 Å². The van der Waals surface area contributed by atoms with Crippen LogP contribution in [0.5, 0.6) is 0 Å². The number of amides is 1. The van der Waals surface area contributed by atoms with Crippen LogP contribution in [0.1, 0.15) is 12.5 Å². The van der Waals surface area contributed by atoms with Crippen LogP contribution in [-0.2, 0) is 11.3 Å². The number of nitrogens with one attached hydrogen (secondary N) is 1. The standard InChI is InChI=1S/C24H19F2N3O2S/c1-15(22(30)27-14-16-6-2-4-8-20(16)26)32-24-28-21-9-5-3-7-19(21)23(31)29(24)18-12-10-17(25)11-13-18/h2-13,15H,14H2,1H3,(H,27,30). The highest BCUT2D eigenvalue weighted by Gasteiger charge is 2.20. The van der Waals surface area contributed by atoms with E-state index < -0.39 is 16.9 Å². The van der Waals surface area contributed by atoms with E-state index in [2.05, 4.69) is 10.3 Å². The van der Waals surface area contributed by atoms with Crippen molar-refractivity contribution < 1.29 is 13.6 Å². The molecule has 1 atom stereocenters. The largest absolute Gasteiger partial charge is 0.351 e. The van der Waals surface area contributed by atoms with Crippen molar-refractivity contribution in [2.45, 2.75) is 23.9 Å². The molecule has 4 rings (SSSR count). The molecule has 0 radical (unpaired) electrons. The van der Waals surface area contributed by atoms with E-state index >= 15 is 0 Å². The molecule has 1 amide bonds. The van der Waals surface area contributed by atoms with Crippen molar-refractivity contribution in [3.05, 3.63) is 100 Å². The van der Waals surface area contributed by atoms with Crippen LogP contribution in [0.4, 0.5) is 8.78 Å². The molecule has 8 heteroatoms. The summed E-state index contributed by atoms with van der Waals surface area (Å²) in [5.41, 5.74) is 1.00. The average molecular weight is 451 g/mol. The molecular weight excluding hydrogens is 432 g/mol. The Morgan fingerprint density at radius 3 is 2.47 bits per heavy atom. The molecule has 162 valence electrons. The molecular formula is C24H19F2N3O2S. The lowest BCUT2D eigenvalue weighted by Gasteiger charge is -2.16. The molecule has 0 saturated heterocycles. The van der Waals surface area contributed by atoms with Gasteiger partial charge in [-0.25, -0.2) is 13.8 Å². The Morgan fingerprint density at radius 1 is 1.03 bits per heavy atom. The van der Waals surface area contributed by atoms with Crippen LogP contribution in [0.25, 0.3) is 16.6 Å². The fourth-order valence-electron chi connectivity index (χ4n) is 3.19. The summed E-state index contributed by atoms with van der Waals surface area (Å²) >= 11 is 1.10. The first kappa shape index (κ1) is 21.7. The van der Waals surface area contributed by atoms with Crippen molar-refractivity contribution in [1.29, 1.82) is 0 Å². The number of carbonyl (C=O) groups is 1. The number of para-hydroxylation sites is 1. The Hall–Kier alpha value is -3.52. The highest BCUT2D eigenvalue weighted by atomic mass is 32.2. The van der Waals surface area contributed by atoms with Crippen LogP contribution < -0.4 is 10.9 Å².